The van der Waals surface area contributed by atoms with E-state index in [1.165, 1.54) is 6.07 Å². The normalized spacial score (nSPS) is 27.9. The summed E-state index contributed by atoms with van der Waals surface area (Å²) in [5.74, 6) is -0.302. The molecule has 0 bridgehead atoms. The Bertz CT molecular complexity index is 555. The maximum Gasteiger partial charge on any atom is 0.252 e. The number of carbonyl (C=O) groups is 1. The van der Waals surface area contributed by atoms with E-state index in [9.17, 15) is 9.18 Å². The maximum absolute atomic E-state index is 14.0. The Morgan fingerprint density at radius 1 is 1.32 bits per heavy atom. The summed E-state index contributed by atoms with van der Waals surface area (Å²) in [5, 5.41) is 0. The number of ether oxygens (including phenoxy) is 2. The molecule has 0 N–H and O–H groups in total. The standard InChI is InChI=1S/C17H22FNO3/c1-17(2)11-22-15(12-6-3-4-7-13(12)18)10-19(17)16(20)14-8-5-9-21-14/h3-4,6-7,14-15H,5,8-11H2,1-2H3. The maximum atomic E-state index is 14.0. The third kappa shape index (κ3) is 2.88. The van der Waals surface area contributed by atoms with Crippen LogP contribution in [0, 0.1) is 5.82 Å². The van der Waals surface area contributed by atoms with Crippen LogP contribution in [0.4, 0.5) is 4.39 Å². The van der Waals surface area contributed by atoms with E-state index in [2.05, 4.69) is 0 Å². The van der Waals surface area contributed by atoms with Crippen LogP contribution in [-0.4, -0.2) is 42.2 Å². The molecule has 1 aromatic carbocycles. The molecule has 2 heterocycles. The highest BCUT2D eigenvalue weighted by Gasteiger charge is 2.42. The molecule has 22 heavy (non-hydrogen) atoms. The lowest BCUT2D eigenvalue weighted by molar-refractivity contribution is -0.164. The van der Waals surface area contributed by atoms with E-state index in [0.717, 1.165) is 12.8 Å². The minimum atomic E-state index is -0.431. The molecule has 2 unspecified atom stereocenters. The summed E-state index contributed by atoms with van der Waals surface area (Å²) in [4.78, 5) is 14.5. The molecule has 0 spiro atoms. The largest absolute Gasteiger partial charge is 0.369 e. The summed E-state index contributed by atoms with van der Waals surface area (Å²) in [5.41, 5.74) is 0.0910. The SMILES string of the molecule is CC1(C)COC(c2ccccc2F)CN1C(=O)C1CCCO1. The Hall–Kier alpha value is -1.46. The molecule has 5 heteroatoms. The number of carbonyl (C=O) groups excluding carboxylic acids is 1. The van der Waals surface area contributed by atoms with E-state index in [1.54, 1.807) is 23.1 Å². The van der Waals surface area contributed by atoms with Crippen LogP contribution in [0.2, 0.25) is 0 Å². The predicted molar refractivity (Wildman–Crippen MR) is 79.9 cm³/mol. The van der Waals surface area contributed by atoms with Crippen molar-refractivity contribution in [2.24, 2.45) is 0 Å². The number of rotatable bonds is 2. The second-order valence-corrected chi connectivity index (χ2v) is 6.58. The van der Waals surface area contributed by atoms with Crippen LogP contribution in [-0.2, 0) is 14.3 Å². The first-order chi connectivity index (χ1) is 10.5. The highest BCUT2D eigenvalue weighted by atomic mass is 19.1. The van der Waals surface area contributed by atoms with E-state index >= 15 is 0 Å². The van der Waals surface area contributed by atoms with Crippen LogP contribution in [0.1, 0.15) is 38.4 Å². The van der Waals surface area contributed by atoms with Crippen molar-refractivity contribution < 1.29 is 18.7 Å². The van der Waals surface area contributed by atoms with Gasteiger partial charge in [0.25, 0.3) is 5.91 Å². The molecule has 2 saturated heterocycles. The number of hydrogen-bond donors (Lipinski definition) is 0. The Kier molecular flexibility index (Phi) is 4.19. The van der Waals surface area contributed by atoms with Gasteiger partial charge in [-0.1, -0.05) is 18.2 Å². The van der Waals surface area contributed by atoms with Crippen LogP contribution < -0.4 is 0 Å². The topological polar surface area (TPSA) is 38.8 Å². The van der Waals surface area contributed by atoms with Gasteiger partial charge in [0, 0.05) is 12.2 Å². The fourth-order valence-electron chi connectivity index (χ4n) is 3.11. The van der Waals surface area contributed by atoms with Crippen molar-refractivity contribution in [1.82, 2.24) is 4.90 Å². The predicted octanol–water partition coefficient (Wildman–Crippen LogP) is 2.68. The Balaban J connectivity index is 1.81. The van der Waals surface area contributed by atoms with Gasteiger partial charge in [0.05, 0.1) is 18.7 Å². The van der Waals surface area contributed by atoms with Crippen LogP contribution in [0.15, 0.2) is 24.3 Å². The quantitative estimate of drug-likeness (QED) is 0.843. The highest BCUT2D eigenvalue weighted by Crippen LogP contribution is 2.33. The summed E-state index contributed by atoms with van der Waals surface area (Å²) in [6.07, 6.45) is 0.882. The molecule has 4 nitrogen and oxygen atoms in total. The number of nitrogens with zero attached hydrogens (tertiary/aromatic N) is 1. The van der Waals surface area contributed by atoms with Crippen molar-refractivity contribution in [2.45, 2.75) is 44.4 Å². The summed E-state index contributed by atoms with van der Waals surface area (Å²) >= 11 is 0. The lowest BCUT2D eigenvalue weighted by atomic mass is 9.96. The first-order valence-electron chi connectivity index (χ1n) is 7.78. The zero-order valence-corrected chi connectivity index (χ0v) is 13.0. The monoisotopic (exact) mass is 307 g/mol. The summed E-state index contributed by atoms with van der Waals surface area (Å²) in [6, 6.07) is 6.58. The second-order valence-electron chi connectivity index (χ2n) is 6.58. The lowest BCUT2D eigenvalue weighted by Gasteiger charge is -2.46. The number of benzene rings is 1. The van der Waals surface area contributed by atoms with Crippen LogP contribution in [0.3, 0.4) is 0 Å². The van der Waals surface area contributed by atoms with Gasteiger partial charge in [0.2, 0.25) is 0 Å². The van der Waals surface area contributed by atoms with Crippen molar-refractivity contribution in [3.05, 3.63) is 35.6 Å². The van der Waals surface area contributed by atoms with E-state index in [1.807, 2.05) is 13.8 Å². The fourth-order valence-corrected chi connectivity index (χ4v) is 3.11. The Morgan fingerprint density at radius 2 is 2.09 bits per heavy atom. The number of hydrogen-bond acceptors (Lipinski definition) is 3. The summed E-state index contributed by atoms with van der Waals surface area (Å²) in [7, 11) is 0. The van der Waals surface area contributed by atoms with Crippen molar-refractivity contribution in [1.29, 1.82) is 0 Å². The Labute approximate surface area is 130 Å². The van der Waals surface area contributed by atoms with Crippen molar-refractivity contribution >= 4 is 5.91 Å². The first-order valence-corrected chi connectivity index (χ1v) is 7.78. The van der Waals surface area contributed by atoms with Gasteiger partial charge in [0.15, 0.2) is 0 Å². The van der Waals surface area contributed by atoms with Gasteiger partial charge >= 0.3 is 0 Å². The first kappa shape index (κ1) is 15.4. The van der Waals surface area contributed by atoms with E-state index in [-0.39, 0.29) is 17.8 Å². The molecule has 120 valence electrons. The van der Waals surface area contributed by atoms with Gasteiger partial charge in [-0.15, -0.1) is 0 Å². The summed E-state index contributed by atoms with van der Waals surface area (Å²) < 4.78 is 25.3. The third-order valence-corrected chi connectivity index (χ3v) is 4.44. The average Bonchev–Trinajstić information content (AvgIpc) is 3.01. The van der Waals surface area contributed by atoms with Crippen molar-refractivity contribution in [2.75, 3.05) is 19.8 Å². The van der Waals surface area contributed by atoms with Crippen LogP contribution in [0.25, 0.3) is 0 Å². The molecule has 0 saturated carbocycles. The zero-order valence-electron chi connectivity index (χ0n) is 13.0. The zero-order chi connectivity index (χ0) is 15.7. The van der Waals surface area contributed by atoms with E-state index < -0.39 is 11.6 Å². The van der Waals surface area contributed by atoms with Gasteiger partial charge in [-0.25, -0.2) is 4.39 Å². The highest BCUT2D eigenvalue weighted by molar-refractivity contribution is 5.82. The lowest BCUT2D eigenvalue weighted by Crippen LogP contribution is -2.58. The smallest absolute Gasteiger partial charge is 0.252 e. The third-order valence-electron chi connectivity index (χ3n) is 4.44. The minimum absolute atomic E-state index is 0.00728. The van der Waals surface area contributed by atoms with E-state index in [4.69, 9.17) is 9.47 Å². The number of halogens is 1. The molecule has 1 amide bonds. The molecular weight excluding hydrogens is 285 g/mol. The molecule has 0 radical (unpaired) electrons. The number of amides is 1. The molecule has 1 aromatic rings. The minimum Gasteiger partial charge on any atom is -0.369 e. The molecule has 0 aliphatic carbocycles. The van der Waals surface area contributed by atoms with Gasteiger partial charge < -0.3 is 14.4 Å². The van der Waals surface area contributed by atoms with Crippen molar-refractivity contribution in [3.63, 3.8) is 0 Å². The van der Waals surface area contributed by atoms with Crippen molar-refractivity contribution in [3.8, 4) is 0 Å². The second kappa shape index (κ2) is 5.97. The molecule has 0 aromatic heterocycles. The molecule has 2 aliphatic rings. The molecule has 2 atom stereocenters. The molecule has 2 aliphatic heterocycles. The van der Waals surface area contributed by atoms with Gasteiger partial charge in [-0.3, -0.25) is 4.79 Å². The Morgan fingerprint density at radius 3 is 2.77 bits per heavy atom. The van der Waals surface area contributed by atoms with Crippen LogP contribution >= 0.6 is 0 Å². The number of morpholine rings is 1. The fraction of sp³-hybridized carbons (Fsp3) is 0.588. The van der Waals surface area contributed by atoms with Gasteiger partial charge in [-0.05, 0) is 32.8 Å². The average molecular weight is 307 g/mol. The molecule has 3 rings (SSSR count). The van der Waals surface area contributed by atoms with E-state index in [0.29, 0.717) is 25.3 Å². The van der Waals surface area contributed by atoms with Gasteiger partial charge in [-0.2, -0.15) is 0 Å². The summed E-state index contributed by atoms with van der Waals surface area (Å²) in [6.45, 7) is 5.31. The van der Waals surface area contributed by atoms with Gasteiger partial charge in [0.1, 0.15) is 18.0 Å². The van der Waals surface area contributed by atoms with Crippen LogP contribution in [0.5, 0.6) is 0 Å². The molecular formula is C17H22FNO3. The molecule has 2 fully saturated rings.